The fourth-order valence-corrected chi connectivity index (χ4v) is 3.45. The highest BCUT2D eigenvalue weighted by atomic mass is 32.1. The van der Waals surface area contributed by atoms with Crippen molar-refractivity contribution in [2.75, 3.05) is 32.6 Å². The van der Waals surface area contributed by atoms with Gasteiger partial charge < -0.3 is 24.1 Å². The molecular formula is C18H20N2O7S. The molecule has 2 aromatic heterocycles. The number of furan rings is 1. The zero-order valence-corrected chi connectivity index (χ0v) is 16.7. The van der Waals surface area contributed by atoms with Gasteiger partial charge in [0.15, 0.2) is 6.61 Å². The Balaban J connectivity index is 2.19. The summed E-state index contributed by atoms with van der Waals surface area (Å²) in [6, 6.07) is 2.92. The maximum Gasteiger partial charge on any atom is 0.374 e. The molecule has 2 heterocycles. The van der Waals surface area contributed by atoms with Crippen molar-refractivity contribution in [2.24, 2.45) is 0 Å². The molecule has 2 amide bonds. The second kappa shape index (κ2) is 9.18. The highest BCUT2D eigenvalue weighted by Crippen LogP contribution is 2.34. The topological polar surface area (TPSA) is 115 Å². The summed E-state index contributed by atoms with van der Waals surface area (Å²) in [5.74, 6) is -2.47. The lowest BCUT2D eigenvalue weighted by Crippen LogP contribution is -2.21. The van der Waals surface area contributed by atoms with E-state index in [9.17, 15) is 19.2 Å². The molecule has 0 atom stereocenters. The number of carbonyl (C=O) groups is 4. The van der Waals surface area contributed by atoms with Crippen molar-refractivity contribution in [1.82, 2.24) is 4.90 Å². The van der Waals surface area contributed by atoms with E-state index >= 15 is 0 Å². The monoisotopic (exact) mass is 408 g/mol. The molecule has 0 saturated heterocycles. The number of hydrogen-bond donors (Lipinski definition) is 1. The maximum atomic E-state index is 12.3. The smallest absolute Gasteiger partial charge is 0.374 e. The SMILES string of the molecule is CCOC(=O)c1c(NC(=O)COC(=O)c2ccco2)sc(C(=O)N(C)C)c1C. The lowest BCUT2D eigenvalue weighted by atomic mass is 10.1. The standard InChI is InChI=1S/C18H20N2O7S/c1-5-25-18(24)13-10(2)14(16(22)20(3)4)28-15(13)19-12(21)9-27-17(23)11-7-6-8-26-11/h6-8H,5,9H2,1-4H3,(H,19,21). The average Bonchev–Trinajstić information content (AvgIpc) is 3.27. The molecule has 0 unspecified atom stereocenters. The van der Waals surface area contributed by atoms with Gasteiger partial charge in [0.25, 0.3) is 11.8 Å². The van der Waals surface area contributed by atoms with Crippen molar-refractivity contribution in [3.63, 3.8) is 0 Å². The molecule has 0 radical (unpaired) electrons. The van der Waals surface area contributed by atoms with Gasteiger partial charge >= 0.3 is 11.9 Å². The number of ether oxygens (including phenoxy) is 2. The second-order valence-corrected chi connectivity index (χ2v) is 6.80. The van der Waals surface area contributed by atoms with Gasteiger partial charge in [-0.2, -0.15) is 0 Å². The summed E-state index contributed by atoms with van der Waals surface area (Å²) in [5, 5.41) is 2.66. The van der Waals surface area contributed by atoms with Crippen LogP contribution in [0.15, 0.2) is 22.8 Å². The predicted octanol–water partition coefficient (Wildman–Crippen LogP) is 2.32. The van der Waals surface area contributed by atoms with Crippen molar-refractivity contribution in [3.05, 3.63) is 40.2 Å². The highest BCUT2D eigenvalue weighted by Gasteiger charge is 2.27. The Kier molecular flexibility index (Phi) is 6.94. The van der Waals surface area contributed by atoms with Gasteiger partial charge in [0.2, 0.25) is 5.76 Å². The van der Waals surface area contributed by atoms with E-state index in [2.05, 4.69) is 5.32 Å². The van der Waals surface area contributed by atoms with Crippen LogP contribution in [0.25, 0.3) is 0 Å². The summed E-state index contributed by atoms with van der Waals surface area (Å²) in [7, 11) is 3.16. The van der Waals surface area contributed by atoms with Crippen LogP contribution >= 0.6 is 11.3 Å². The van der Waals surface area contributed by atoms with Gasteiger partial charge in [-0.15, -0.1) is 11.3 Å². The van der Waals surface area contributed by atoms with Crippen molar-refractivity contribution in [3.8, 4) is 0 Å². The zero-order valence-electron chi connectivity index (χ0n) is 15.9. The minimum Gasteiger partial charge on any atom is -0.462 e. The summed E-state index contributed by atoms with van der Waals surface area (Å²) in [6.07, 6.45) is 1.31. The third kappa shape index (κ3) is 4.77. The molecule has 2 rings (SSSR count). The highest BCUT2D eigenvalue weighted by molar-refractivity contribution is 7.18. The predicted molar refractivity (Wildman–Crippen MR) is 101 cm³/mol. The van der Waals surface area contributed by atoms with Crippen LogP contribution in [0.2, 0.25) is 0 Å². The minimum atomic E-state index is -0.795. The molecule has 1 N–H and O–H groups in total. The van der Waals surface area contributed by atoms with Crippen LogP contribution in [0.3, 0.4) is 0 Å². The average molecular weight is 408 g/mol. The van der Waals surface area contributed by atoms with E-state index in [0.717, 1.165) is 11.3 Å². The first kappa shape index (κ1) is 21.2. The molecule has 0 bridgehead atoms. The van der Waals surface area contributed by atoms with Gasteiger partial charge in [0.1, 0.15) is 5.00 Å². The maximum absolute atomic E-state index is 12.3. The second-order valence-electron chi connectivity index (χ2n) is 5.78. The first-order chi connectivity index (χ1) is 13.3. The first-order valence-corrected chi connectivity index (χ1v) is 9.10. The van der Waals surface area contributed by atoms with Gasteiger partial charge in [0, 0.05) is 14.1 Å². The summed E-state index contributed by atoms with van der Waals surface area (Å²) in [4.78, 5) is 50.2. The van der Waals surface area contributed by atoms with Gasteiger partial charge in [0.05, 0.1) is 23.3 Å². The molecule has 0 aromatic carbocycles. The number of amides is 2. The third-order valence-electron chi connectivity index (χ3n) is 3.54. The summed E-state index contributed by atoms with van der Waals surface area (Å²) in [5.41, 5.74) is 0.507. The third-order valence-corrected chi connectivity index (χ3v) is 4.73. The number of nitrogens with zero attached hydrogens (tertiary/aromatic N) is 1. The number of carbonyl (C=O) groups excluding carboxylic acids is 4. The number of nitrogens with one attached hydrogen (secondary N) is 1. The largest absolute Gasteiger partial charge is 0.462 e. The quantitative estimate of drug-likeness (QED) is 0.699. The number of thiophene rings is 1. The Morgan fingerprint density at radius 1 is 1.18 bits per heavy atom. The summed E-state index contributed by atoms with van der Waals surface area (Å²) in [6.45, 7) is 2.80. The van der Waals surface area contributed by atoms with Gasteiger partial charge in [-0.1, -0.05) is 0 Å². The fourth-order valence-electron chi connectivity index (χ4n) is 2.22. The van der Waals surface area contributed by atoms with Crippen molar-refractivity contribution in [1.29, 1.82) is 0 Å². The van der Waals surface area contributed by atoms with Gasteiger partial charge in [-0.05, 0) is 31.5 Å². The van der Waals surface area contributed by atoms with Crippen molar-refractivity contribution >= 4 is 40.1 Å². The zero-order chi connectivity index (χ0) is 20.8. The molecule has 0 aliphatic rings. The molecule has 9 nitrogen and oxygen atoms in total. The molecule has 28 heavy (non-hydrogen) atoms. The summed E-state index contributed by atoms with van der Waals surface area (Å²) >= 11 is 0.954. The van der Waals surface area contributed by atoms with Crippen LogP contribution in [0.1, 0.15) is 43.1 Å². The van der Waals surface area contributed by atoms with E-state index in [1.54, 1.807) is 27.9 Å². The minimum absolute atomic E-state index is 0.0363. The fraction of sp³-hybridized carbons (Fsp3) is 0.333. The van der Waals surface area contributed by atoms with Crippen LogP contribution in [-0.4, -0.2) is 56.0 Å². The number of esters is 2. The molecule has 0 fully saturated rings. The Hall–Kier alpha value is -3.14. The normalized spacial score (nSPS) is 10.3. The first-order valence-electron chi connectivity index (χ1n) is 8.28. The van der Waals surface area contributed by atoms with Crippen molar-refractivity contribution < 1.29 is 33.1 Å². The van der Waals surface area contributed by atoms with E-state index in [1.165, 1.54) is 23.3 Å². The Labute approximate surface area is 165 Å². The van der Waals surface area contributed by atoms with Crippen LogP contribution < -0.4 is 5.32 Å². The van der Waals surface area contributed by atoms with E-state index in [4.69, 9.17) is 13.9 Å². The number of anilines is 1. The number of hydrogen-bond acceptors (Lipinski definition) is 8. The van der Waals surface area contributed by atoms with E-state index in [-0.39, 0.29) is 28.8 Å². The molecule has 0 aliphatic carbocycles. The van der Waals surface area contributed by atoms with Gasteiger partial charge in [-0.3, -0.25) is 9.59 Å². The Morgan fingerprint density at radius 3 is 2.46 bits per heavy atom. The molecule has 150 valence electrons. The molecule has 0 spiro atoms. The molecule has 2 aromatic rings. The van der Waals surface area contributed by atoms with Gasteiger partial charge in [-0.25, -0.2) is 9.59 Å². The van der Waals surface area contributed by atoms with Crippen LogP contribution in [0.4, 0.5) is 5.00 Å². The Morgan fingerprint density at radius 2 is 1.89 bits per heavy atom. The van der Waals surface area contributed by atoms with E-state index in [0.29, 0.717) is 10.4 Å². The molecule has 0 aliphatic heterocycles. The van der Waals surface area contributed by atoms with Crippen LogP contribution in [-0.2, 0) is 14.3 Å². The summed E-state index contributed by atoms with van der Waals surface area (Å²) < 4.78 is 14.8. The lowest BCUT2D eigenvalue weighted by molar-refractivity contribution is -0.119. The van der Waals surface area contributed by atoms with Crippen LogP contribution in [0.5, 0.6) is 0 Å². The number of rotatable bonds is 7. The molecular weight excluding hydrogens is 388 g/mol. The van der Waals surface area contributed by atoms with E-state index in [1.807, 2.05) is 0 Å². The van der Waals surface area contributed by atoms with E-state index < -0.39 is 24.5 Å². The van der Waals surface area contributed by atoms with Crippen molar-refractivity contribution in [2.45, 2.75) is 13.8 Å². The van der Waals surface area contributed by atoms with Crippen LogP contribution in [0, 0.1) is 6.92 Å². The molecule has 0 saturated carbocycles. The molecule has 10 heteroatoms. The lowest BCUT2D eigenvalue weighted by Gasteiger charge is -2.09. The Bertz CT molecular complexity index is 884.